The highest BCUT2D eigenvalue weighted by Gasteiger charge is 2.17. The zero-order valence-corrected chi connectivity index (χ0v) is 8.49. The summed E-state index contributed by atoms with van der Waals surface area (Å²) in [4.78, 5) is 13.1. The highest BCUT2D eigenvalue weighted by molar-refractivity contribution is 14.1. The monoisotopic (exact) mass is 305 g/mol. The smallest absolute Gasteiger partial charge is 0.266 e. The predicted molar refractivity (Wildman–Crippen MR) is 49.7 cm³/mol. The zero-order valence-electron chi connectivity index (χ0n) is 5.57. The molecule has 0 aliphatic carbocycles. The molecule has 1 N–H and O–H groups in total. The number of nitrogens with one attached hydrogen (secondary N) is 1. The first-order chi connectivity index (χ1) is 5.54. The third kappa shape index (κ3) is 1.77. The number of hydrogen-bond donors (Lipinski definition) is 1. The maximum Gasteiger partial charge on any atom is 0.266 e. The van der Waals surface area contributed by atoms with Crippen molar-refractivity contribution in [2.24, 2.45) is 0 Å². The summed E-state index contributed by atoms with van der Waals surface area (Å²) in [6.45, 7) is 0. The molecule has 0 fully saturated rings. The van der Waals surface area contributed by atoms with Crippen LogP contribution < -0.4 is 5.56 Å². The number of rotatable bonds is 1. The maximum atomic E-state index is 12.2. The van der Waals surface area contributed by atoms with Gasteiger partial charge in [-0.2, -0.15) is 0 Å². The Kier molecular flexibility index (Phi) is 3.05. The van der Waals surface area contributed by atoms with Gasteiger partial charge >= 0.3 is 0 Å². The van der Waals surface area contributed by atoms with E-state index < -0.39 is 17.5 Å². The molecule has 0 atom stereocenters. The van der Waals surface area contributed by atoms with Gasteiger partial charge in [0.15, 0.2) is 0 Å². The second-order valence-corrected chi connectivity index (χ2v) is 3.48. The quantitative estimate of drug-likeness (QED) is 0.795. The summed E-state index contributed by atoms with van der Waals surface area (Å²) in [6.07, 6.45) is -1.65. The Labute approximate surface area is 85.1 Å². The molecule has 2 nitrogen and oxygen atoms in total. The molecule has 12 heavy (non-hydrogen) atoms. The van der Waals surface area contributed by atoms with E-state index in [0.29, 0.717) is 0 Å². The molecule has 0 radical (unpaired) electrons. The average Bonchev–Trinajstić information content (AvgIpc) is 1.97. The summed E-state index contributed by atoms with van der Waals surface area (Å²) in [5, 5.41) is -0.117. The Morgan fingerprint density at radius 3 is 2.58 bits per heavy atom. The van der Waals surface area contributed by atoms with E-state index >= 15 is 0 Å². The molecule has 0 saturated carbocycles. The Morgan fingerprint density at radius 1 is 1.58 bits per heavy atom. The van der Waals surface area contributed by atoms with Gasteiger partial charge < -0.3 is 4.98 Å². The van der Waals surface area contributed by atoms with Crippen LogP contribution in [0.3, 0.4) is 0 Å². The van der Waals surface area contributed by atoms with Gasteiger partial charge in [-0.25, -0.2) is 8.78 Å². The average molecular weight is 305 g/mol. The molecule has 1 heterocycles. The van der Waals surface area contributed by atoms with Gasteiger partial charge in [0.2, 0.25) is 0 Å². The molecule has 6 heteroatoms. The van der Waals surface area contributed by atoms with Crippen molar-refractivity contribution >= 4 is 34.2 Å². The fraction of sp³-hybridized carbons (Fsp3) is 0.167. The van der Waals surface area contributed by atoms with Gasteiger partial charge in [-0.15, -0.1) is 0 Å². The van der Waals surface area contributed by atoms with Crippen LogP contribution >= 0.6 is 34.2 Å². The van der Waals surface area contributed by atoms with Crippen molar-refractivity contribution in [2.75, 3.05) is 0 Å². The van der Waals surface area contributed by atoms with Gasteiger partial charge in [-0.05, 0) is 22.6 Å². The van der Waals surface area contributed by atoms with Gasteiger partial charge in [-0.3, -0.25) is 4.79 Å². The second kappa shape index (κ2) is 3.69. The molecule has 0 unspecified atom stereocenters. The fourth-order valence-corrected chi connectivity index (χ4v) is 1.77. The van der Waals surface area contributed by atoms with Crippen molar-refractivity contribution < 1.29 is 8.78 Å². The number of halogens is 4. The van der Waals surface area contributed by atoms with E-state index in [0.717, 1.165) is 6.20 Å². The molecule has 0 amide bonds. The number of aromatic nitrogens is 1. The van der Waals surface area contributed by atoms with Crippen LogP contribution in [0.1, 0.15) is 12.0 Å². The molecule has 0 spiro atoms. The lowest BCUT2D eigenvalue weighted by molar-refractivity contribution is 0.150. The molecular formula is C6H3ClF2INO. The second-order valence-electron chi connectivity index (χ2n) is 1.99. The van der Waals surface area contributed by atoms with Gasteiger partial charge in [0.1, 0.15) is 0 Å². The van der Waals surface area contributed by atoms with Crippen LogP contribution in [0.2, 0.25) is 5.02 Å². The molecule has 1 aromatic rings. The van der Waals surface area contributed by atoms with Crippen LogP contribution in [0.5, 0.6) is 0 Å². The van der Waals surface area contributed by atoms with Crippen LogP contribution in [0.4, 0.5) is 8.78 Å². The van der Waals surface area contributed by atoms with Crippen LogP contribution in [-0.4, -0.2) is 4.98 Å². The largest absolute Gasteiger partial charge is 0.327 e. The highest BCUT2D eigenvalue weighted by Crippen LogP contribution is 2.28. The fourth-order valence-electron chi connectivity index (χ4n) is 0.697. The topological polar surface area (TPSA) is 32.9 Å². The summed E-state index contributed by atoms with van der Waals surface area (Å²) < 4.78 is 24.4. The van der Waals surface area contributed by atoms with Crippen molar-refractivity contribution in [1.29, 1.82) is 0 Å². The lowest BCUT2D eigenvalue weighted by Gasteiger charge is -2.03. The summed E-state index contributed by atoms with van der Waals surface area (Å²) >= 11 is 6.98. The summed E-state index contributed by atoms with van der Waals surface area (Å²) in [5.74, 6) is 0. The molecule has 0 aliphatic heterocycles. The Morgan fingerprint density at radius 2 is 2.17 bits per heavy atom. The molecule has 1 rings (SSSR count). The van der Waals surface area contributed by atoms with Crippen LogP contribution in [0, 0.1) is 3.57 Å². The lowest BCUT2D eigenvalue weighted by Crippen LogP contribution is -2.12. The first kappa shape index (κ1) is 9.91. The molecule has 0 bridgehead atoms. The Balaban J connectivity index is 3.43. The third-order valence-electron chi connectivity index (χ3n) is 1.24. The summed E-state index contributed by atoms with van der Waals surface area (Å²) in [6, 6.07) is 0. The summed E-state index contributed by atoms with van der Waals surface area (Å²) in [7, 11) is 0. The Bertz CT molecular complexity index is 352. The number of H-pyrrole nitrogens is 1. The molecule has 0 saturated heterocycles. The van der Waals surface area contributed by atoms with Gasteiger partial charge in [0.25, 0.3) is 12.0 Å². The molecule has 1 aromatic heterocycles. The van der Waals surface area contributed by atoms with E-state index in [-0.39, 0.29) is 8.59 Å². The van der Waals surface area contributed by atoms with Crippen LogP contribution in [-0.2, 0) is 0 Å². The van der Waals surface area contributed by atoms with E-state index in [4.69, 9.17) is 11.6 Å². The number of aromatic amines is 1. The molecule has 66 valence electrons. The highest BCUT2D eigenvalue weighted by atomic mass is 127. The standard InChI is InChI=1S/C6H3ClF2INO/c7-2-1-11-6(12)4(10)3(2)5(8)9/h1,5H,(H,11,12). The number of pyridine rings is 1. The lowest BCUT2D eigenvalue weighted by atomic mass is 10.3. The first-order valence-electron chi connectivity index (χ1n) is 2.88. The third-order valence-corrected chi connectivity index (χ3v) is 2.63. The van der Waals surface area contributed by atoms with Crippen molar-refractivity contribution in [3.63, 3.8) is 0 Å². The van der Waals surface area contributed by atoms with Crippen molar-refractivity contribution in [3.8, 4) is 0 Å². The molecule has 0 aromatic carbocycles. The van der Waals surface area contributed by atoms with E-state index in [2.05, 4.69) is 4.98 Å². The normalized spacial score (nSPS) is 10.8. The molecule has 0 aliphatic rings. The minimum Gasteiger partial charge on any atom is -0.327 e. The summed E-state index contributed by atoms with van der Waals surface area (Å²) in [5.41, 5.74) is -0.948. The predicted octanol–water partition coefficient (Wildman–Crippen LogP) is 2.57. The van der Waals surface area contributed by atoms with E-state index in [1.165, 1.54) is 22.6 Å². The SMILES string of the molecule is O=c1[nH]cc(Cl)c(C(F)F)c1I. The van der Waals surface area contributed by atoms with E-state index in [1.807, 2.05) is 0 Å². The number of alkyl halides is 2. The van der Waals surface area contributed by atoms with Gasteiger partial charge in [0.05, 0.1) is 14.2 Å². The van der Waals surface area contributed by atoms with E-state index in [1.54, 1.807) is 0 Å². The van der Waals surface area contributed by atoms with Crippen molar-refractivity contribution in [3.05, 3.63) is 30.7 Å². The van der Waals surface area contributed by atoms with Gasteiger partial charge in [0, 0.05) is 6.20 Å². The minimum atomic E-state index is -2.72. The minimum absolute atomic E-state index is 0.0601. The first-order valence-corrected chi connectivity index (χ1v) is 4.34. The maximum absolute atomic E-state index is 12.2. The zero-order chi connectivity index (χ0) is 9.30. The van der Waals surface area contributed by atoms with Crippen LogP contribution in [0.15, 0.2) is 11.0 Å². The van der Waals surface area contributed by atoms with Crippen molar-refractivity contribution in [2.45, 2.75) is 6.43 Å². The van der Waals surface area contributed by atoms with Crippen LogP contribution in [0.25, 0.3) is 0 Å². The number of hydrogen-bond acceptors (Lipinski definition) is 1. The molecular weight excluding hydrogens is 302 g/mol. The van der Waals surface area contributed by atoms with Crippen molar-refractivity contribution in [1.82, 2.24) is 4.98 Å². The van der Waals surface area contributed by atoms with Gasteiger partial charge in [-0.1, -0.05) is 11.6 Å². The van der Waals surface area contributed by atoms with E-state index in [9.17, 15) is 13.6 Å². The Hall–Kier alpha value is -0.170.